The van der Waals surface area contributed by atoms with E-state index in [-0.39, 0.29) is 17.2 Å². The molecule has 1 aliphatic carbocycles. The number of benzene rings is 1. The number of rotatable bonds is 9. The molecular weight excluding hydrogens is 456 g/mol. The monoisotopic (exact) mass is 483 g/mol. The summed E-state index contributed by atoms with van der Waals surface area (Å²) in [5.41, 5.74) is 2.84. The highest BCUT2D eigenvalue weighted by atomic mass is 19.3. The maximum Gasteiger partial charge on any atom is 0.387 e. The minimum Gasteiger partial charge on any atom is -0.435 e. The summed E-state index contributed by atoms with van der Waals surface area (Å²) in [6.07, 6.45) is 5.90. The normalized spacial score (nSPS) is 14.8. The molecule has 1 amide bonds. The third-order valence-electron chi connectivity index (χ3n) is 6.21. The predicted molar refractivity (Wildman–Crippen MR) is 128 cm³/mol. The molecule has 1 aliphatic rings. The van der Waals surface area contributed by atoms with Crippen molar-refractivity contribution in [1.82, 2.24) is 34.9 Å². The summed E-state index contributed by atoms with van der Waals surface area (Å²) in [4.78, 5) is 27.1. The van der Waals surface area contributed by atoms with Gasteiger partial charge in [0.2, 0.25) is 0 Å². The zero-order chi connectivity index (χ0) is 24.7. The number of aromatic nitrogens is 5. The Morgan fingerprint density at radius 2 is 2.14 bits per heavy atom. The van der Waals surface area contributed by atoms with Gasteiger partial charge in [-0.2, -0.15) is 13.9 Å². The van der Waals surface area contributed by atoms with Crippen LogP contribution in [0.4, 0.5) is 8.78 Å². The molecule has 35 heavy (non-hydrogen) atoms. The van der Waals surface area contributed by atoms with Gasteiger partial charge in [0.15, 0.2) is 5.65 Å². The average Bonchev–Trinajstić information content (AvgIpc) is 3.22. The van der Waals surface area contributed by atoms with Crippen LogP contribution in [0.2, 0.25) is 0 Å². The highest BCUT2D eigenvalue weighted by Gasteiger charge is 2.39. The fraction of sp³-hybridized carbons (Fsp3) is 0.417. The summed E-state index contributed by atoms with van der Waals surface area (Å²) in [5.74, 6) is -0.176. The number of nitrogens with zero attached hydrogens (tertiary/aromatic N) is 5. The lowest BCUT2D eigenvalue weighted by atomic mass is 10.1. The first-order valence-corrected chi connectivity index (χ1v) is 11.5. The van der Waals surface area contributed by atoms with Gasteiger partial charge in [0.25, 0.3) is 5.91 Å². The second-order valence-corrected chi connectivity index (χ2v) is 9.46. The lowest BCUT2D eigenvalue weighted by molar-refractivity contribution is -0.0497. The van der Waals surface area contributed by atoms with Crippen molar-refractivity contribution in [1.29, 1.82) is 0 Å². The van der Waals surface area contributed by atoms with E-state index in [1.807, 2.05) is 25.7 Å². The lowest BCUT2D eigenvalue weighted by Crippen LogP contribution is -2.34. The zero-order valence-corrected chi connectivity index (χ0v) is 19.8. The smallest absolute Gasteiger partial charge is 0.387 e. The molecule has 2 N–H and O–H groups in total. The van der Waals surface area contributed by atoms with Crippen molar-refractivity contribution < 1.29 is 18.3 Å². The molecule has 0 unspecified atom stereocenters. The highest BCUT2D eigenvalue weighted by molar-refractivity contribution is 6.05. The Bertz CT molecular complexity index is 1390. The van der Waals surface area contributed by atoms with E-state index in [1.54, 1.807) is 18.5 Å². The number of aryl methyl sites for hydroxylation is 1. The maximum atomic E-state index is 12.9. The second-order valence-electron chi connectivity index (χ2n) is 9.46. The topological polar surface area (TPSA) is 101 Å². The van der Waals surface area contributed by atoms with Gasteiger partial charge in [0.05, 0.1) is 17.3 Å². The summed E-state index contributed by atoms with van der Waals surface area (Å²) in [5, 5.41) is 8.41. The minimum atomic E-state index is -2.93. The molecule has 5 rings (SSSR count). The molecule has 1 fully saturated rings. The molecule has 0 atom stereocenters. The van der Waals surface area contributed by atoms with Crippen LogP contribution in [0.5, 0.6) is 5.75 Å². The Labute approximate surface area is 200 Å². The molecule has 1 aromatic carbocycles. The third kappa shape index (κ3) is 4.81. The Balaban J connectivity index is 1.56. The number of alkyl halides is 2. The lowest BCUT2D eigenvalue weighted by Gasteiger charge is -2.10. The van der Waals surface area contributed by atoms with E-state index in [1.165, 1.54) is 12.1 Å². The van der Waals surface area contributed by atoms with Crippen LogP contribution in [-0.2, 0) is 6.54 Å². The summed E-state index contributed by atoms with van der Waals surface area (Å²) in [7, 11) is 4.00. The van der Waals surface area contributed by atoms with Crippen LogP contribution >= 0.6 is 0 Å². The molecule has 0 bridgehead atoms. The van der Waals surface area contributed by atoms with Crippen LogP contribution in [0, 0.1) is 0 Å². The largest absolute Gasteiger partial charge is 0.435 e. The van der Waals surface area contributed by atoms with Crippen LogP contribution < -0.4 is 10.1 Å². The van der Waals surface area contributed by atoms with Gasteiger partial charge in [-0.15, -0.1) is 0 Å². The molecule has 3 aromatic heterocycles. The molecule has 9 nitrogen and oxygen atoms in total. The van der Waals surface area contributed by atoms with E-state index in [0.29, 0.717) is 40.0 Å². The molecule has 1 saturated carbocycles. The van der Waals surface area contributed by atoms with Gasteiger partial charge in [0, 0.05) is 23.7 Å². The molecule has 0 spiro atoms. The van der Waals surface area contributed by atoms with Gasteiger partial charge in [0.1, 0.15) is 22.7 Å². The van der Waals surface area contributed by atoms with Crippen molar-refractivity contribution in [3.05, 3.63) is 36.2 Å². The van der Waals surface area contributed by atoms with E-state index in [4.69, 9.17) is 10.1 Å². The Morgan fingerprint density at radius 1 is 1.34 bits per heavy atom. The number of carbonyl (C=O) groups is 1. The number of hydrogen-bond acceptors (Lipinski definition) is 6. The molecule has 11 heteroatoms. The van der Waals surface area contributed by atoms with E-state index < -0.39 is 6.61 Å². The van der Waals surface area contributed by atoms with Crippen molar-refractivity contribution in [3.8, 4) is 17.1 Å². The van der Waals surface area contributed by atoms with Crippen LogP contribution in [0.15, 0.2) is 30.6 Å². The van der Waals surface area contributed by atoms with Crippen LogP contribution in [0.25, 0.3) is 33.5 Å². The molecular formula is C24H27F2N7O2. The van der Waals surface area contributed by atoms with Crippen molar-refractivity contribution >= 4 is 28.0 Å². The van der Waals surface area contributed by atoms with Crippen LogP contribution in [0.1, 0.15) is 36.5 Å². The summed E-state index contributed by atoms with van der Waals surface area (Å²) >= 11 is 0. The molecule has 4 aromatic rings. The fourth-order valence-electron chi connectivity index (χ4n) is 4.06. The van der Waals surface area contributed by atoms with E-state index >= 15 is 0 Å². The SMILES string of the molecule is CN(C)CCCn1nc(-c2cnc3[nH]cc(C(=O)NC4(C)CC4)c3n2)c2cc(OC(F)F)ccc21. The maximum absolute atomic E-state index is 12.9. The quantitative estimate of drug-likeness (QED) is 0.376. The first-order valence-electron chi connectivity index (χ1n) is 11.5. The molecule has 0 saturated heterocycles. The minimum absolute atomic E-state index is 0.0371. The van der Waals surface area contributed by atoms with Crippen molar-refractivity contribution in [3.63, 3.8) is 0 Å². The number of hydrogen-bond donors (Lipinski definition) is 2. The fourth-order valence-corrected chi connectivity index (χ4v) is 4.06. The second kappa shape index (κ2) is 8.88. The molecule has 0 aliphatic heterocycles. The first kappa shape index (κ1) is 23.2. The summed E-state index contributed by atoms with van der Waals surface area (Å²) in [6.45, 7) is 0.577. The average molecular weight is 484 g/mol. The number of halogens is 2. The van der Waals surface area contributed by atoms with E-state index in [2.05, 4.69) is 24.9 Å². The highest BCUT2D eigenvalue weighted by Crippen LogP contribution is 2.35. The van der Waals surface area contributed by atoms with Crippen LogP contribution in [0.3, 0.4) is 0 Å². The standard InChI is InChI=1S/C24H27F2N7O2/c1-24(7-8-24)30-22(34)16-12-27-21-20(16)29-17(13-28-21)19-15-11-14(35-23(25)26)5-6-18(15)33(31-19)10-4-9-32(2)3/h5-6,11-13,23H,4,7-10H2,1-3H3,(H,27,28)(H,30,34). The Kier molecular flexibility index (Phi) is 5.87. The van der Waals surface area contributed by atoms with Gasteiger partial charge < -0.3 is 19.9 Å². The molecule has 3 heterocycles. The number of carbonyl (C=O) groups excluding carboxylic acids is 1. The van der Waals surface area contributed by atoms with Gasteiger partial charge in [-0.25, -0.2) is 9.97 Å². The summed E-state index contributed by atoms with van der Waals surface area (Å²) in [6, 6.07) is 4.76. The number of aromatic amines is 1. The van der Waals surface area contributed by atoms with Gasteiger partial charge in [-0.3, -0.25) is 9.48 Å². The summed E-state index contributed by atoms with van der Waals surface area (Å²) < 4.78 is 32.2. The van der Waals surface area contributed by atoms with Crippen LogP contribution in [-0.4, -0.2) is 68.3 Å². The van der Waals surface area contributed by atoms with Crippen molar-refractivity contribution in [2.45, 2.75) is 44.9 Å². The van der Waals surface area contributed by atoms with Crippen molar-refractivity contribution in [2.75, 3.05) is 20.6 Å². The number of fused-ring (bicyclic) bond motifs is 2. The zero-order valence-electron chi connectivity index (χ0n) is 19.8. The van der Waals surface area contributed by atoms with Gasteiger partial charge in [-0.05, 0) is 65.0 Å². The number of amides is 1. The first-order chi connectivity index (χ1) is 16.7. The van der Waals surface area contributed by atoms with Gasteiger partial charge in [-0.1, -0.05) is 0 Å². The predicted octanol–water partition coefficient (Wildman–Crippen LogP) is 3.81. The Hall–Kier alpha value is -3.60. The Morgan fingerprint density at radius 3 is 2.86 bits per heavy atom. The molecule has 184 valence electrons. The van der Waals surface area contributed by atoms with E-state index in [0.717, 1.165) is 31.3 Å². The molecule has 0 radical (unpaired) electrons. The van der Waals surface area contributed by atoms with Crippen molar-refractivity contribution in [2.24, 2.45) is 0 Å². The number of ether oxygens (including phenoxy) is 1. The van der Waals surface area contributed by atoms with E-state index in [9.17, 15) is 13.6 Å². The third-order valence-corrected chi connectivity index (χ3v) is 6.21. The number of nitrogens with one attached hydrogen (secondary N) is 2. The number of H-pyrrole nitrogens is 1. The van der Waals surface area contributed by atoms with Gasteiger partial charge >= 0.3 is 6.61 Å².